The number of esters is 1. The second kappa shape index (κ2) is 9.31. The van der Waals surface area contributed by atoms with E-state index in [1.807, 2.05) is 6.92 Å². The summed E-state index contributed by atoms with van der Waals surface area (Å²) < 4.78 is 4.91. The van der Waals surface area contributed by atoms with E-state index in [0.29, 0.717) is 30.0 Å². The maximum Gasteiger partial charge on any atom is 0.338 e. The minimum atomic E-state index is -0.445. The molecule has 136 valence electrons. The molecular weight excluding hydrogens is 334 g/mol. The Bertz CT molecular complexity index is 788. The van der Waals surface area contributed by atoms with Crippen molar-refractivity contribution in [2.45, 2.75) is 20.3 Å². The van der Waals surface area contributed by atoms with Crippen LogP contribution < -0.4 is 10.6 Å². The molecule has 0 spiro atoms. The minimum Gasteiger partial charge on any atom is -0.462 e. The molecule has 2 amide bonds. The maximum absolute atomic E-state index is 12.3. The van der Waals surface area contributed by atoms with Crippen LogP contribution in [0.2, 0.25) is 0 Å². The van der Waals surface area contributed by atoms with Gasteiger partial charge >= 0.3 is 5.97 Å². The summed E-state index contributed by atoms with van der Waals surface area (Å²) in [5.74, 6) is -1.11. The predicted molar refractivity (Wildman–Crippen MR) is 97.2 cm³/mol. The molecule has 1 aromatic carbocycles. The van der Waals surface area contributed by atoms with E-state index in [-0.39, 0.29) is 11.6 Å². The van der Waals surface area contributed by atoms with E-state index in [9.17, 15) is 14.4 Å². The quantitative estimate of drug-likeness (QED) is 0.744. The van der Waals surface area contributed by atoms with Crippen LogP contribution in [0.25, 0.3) is 0 Å². The van der Waals surface area contributed by atoms with Gasteiger partial charge in [0.05, 0.1) is 12.2 Å². The topological polar surface area (TPSA) is 97.4 Å². The Balaban J connectivity index is 2.05. The number of hydrogen-bond donors (Lipinski definition) is 2. The van der Waals surface area contributed by atoms with Gasteiger partial charge in [-0.15, -0.1) is 0 Å². The average Bonchev–Trinajstić information content (AvgIpc) is 2.67. The van der Waals surface area contributed by atoms with Crippen LogP contribution >= 0.6 is 0 Å². The summed E-state index contributed by atoms with van der Waals surface area (Å²) in [6, 6.07) is 9.32. The largest absolute Gasteiger partial charge is 0.462 e. The zero-order valence-electron chi connectivity index (χ0n) is 14.7. The smallest absolute Gasteiger partial charge is 0.338 e. The van der Waals surface area contributed by atoms with Crippen molar-refractivity contribution in [2.24, 2.45) is 0 Å². The fraction of sp³-hybridized carbons (Fsp3) is 0.263. The first-order valence-electron chi connectivity index (χ1n) is 8.38. The van der Waals surface area contributed by atoms with Crippen LogP contribution in [0.5, 0.6) is 0 Å². The van der Waals surface area contributed by atoms with E-state index >= 15 is 0 Å². The molecule has 0 aliphatic heterocycles. The molecule has 2 rings (SSSR count). The fourth-order valence-electron chi connectivity index (χ4n) is 2.14. The van der Waals surface area contributed by atoms with E-state index in [4.69, 9.17) is 4.74 Å². The van der Waals surface area contributed by atoms with Gasteiger partial charge in [-0.25, -0.2) is 4.79 Å². The number of ether oxygens (including phenoxy) is 1. The molecule has 1 heterocycles. The highest BCUT2D eigenvalue weighted by atomic mass is 16.5. The zero-order chi connectivity index (χ0) is 18.9. The van der Waals surface area contributed by atoms with Crippen molar-refractivity contribution in [3.8, 4) is 0 Å². The molecule has 0 fully saturated rings. The van der Waals surface area contributed by atoms with Gasteiger partial charge < -0.3 is 15.4 Å². The normalized spacial score (nSPS) is 10.1. The third-order valence-electron chi connectivity index (χ3n) is 3.44. The molecule has 0 bridgehead atoms. The van der Waals surface area contributed by atoms with Gasteiger partial charge in [-0.05, 0) is 49.7 Å². The molecule has 0 saturated heterocycles. The van der Waals surface area contributed by atoms with Crippen molar-refractivity contribution >= 4 is 23.5 Å². The van der Waals surface area contributed by atoms with Crippen molar-refractivity contribution < 1.29 is 19.1 Å². The summed E-state index contributed by atoms with van der Waals surface area (Å²) in [6.07, 6.45) is 2.24. The van der Waals surface area contributed by atoms with Crippen molar-refractivity contribution in [3.05, 3.63) is 59.4 Å². The van der Waals surface area contributed by atoms with Gasteiger partial charge in [-0.3, -0.25) is 14.6 Å². The summed E-state index contributed by atoms with van der Waals surface area (Å²) in [4.78, 5) is 39.9. The number of hydrogen-bond acceptors (Lipinski definition) is 5. The number of anilines is 1. The lowest BCUT2D eigenvalue weighted by Gasteiger charge is -2.08. The highest BCUT2D eigenvalue weighted by molar-refractivity contribution is 6.05. The highest BCUT2D eigenvalue weighted by Crippen LogP contribution is 2.12. The van der Waals surface area contributed by atoms with E-state index in [2.05, 4.69) is 15.6 Å². The molecule has 0 radical (unpaired) electrons. The standard InChI is InChI=1S/C19H21N3O4/c1-3-10-21-17(23)14-9-11-20-16(12-14)18(24)22-15-7-5-13(6-8-15)19(25)26-4-2/h5-9,11-12H,3-4,10H2,1-2H3,(H,21,23)(H,22,24). The summed E-state index contributed by atoms with van der Waals surface area (Å²) in [5.41, 5.74) is 1.41. The summed E-state index contributed by atoms with van der Waals surface area (Å²) in [7, 11) is 0. The molecule has 0 aliphatic carbocycles. The third-order valence-corrected chi connectivity index (χ3v) is 3.44. The van der Waals surface area contributed by atoms with Gasteiger partial charge in [0, 0.05) is 24.0 Å². The molecule has 0 atom stereocenters. The van der Waals surface area contributed by atoms with Crippen molar-refractivity contribution in [1.29, 1.82) is 0 Å². The number of amides is 2. The SMILES string of the molecule is CCCNC(=O)c1ccnc(C(=O)Nc2ccc(C(=O)OCC)cc2)c1. The third kappa shape index (κ3) is 5.14. The molecular formula is C19H21N3O4. The molecule has 7 heteroatoms. The van der Waals surface area contributed by atoms with Crippen LogP contribution in [0, 0.1) is 0 Å². The lowest BCUT2D eigenvalue weighted by molar-refractivity contribution is 0.0526. The van der Waals surface area contributed by atoms with Crippen molar-refractivity contribution in [3.63, 3.8) is 0 Å². The van der Waals surface area contributed by atoms with Gasteiger partial charge in [0.25, 0.3) is 11.8 Å². The fourth-order valence-corrected chi connectivity index (χ4v) is 2.14. The summed E-state index contributed by atoms with van der Waals surface area (Å²) in [6.45, 7) is 4.55. The minimum absolute atomic E-state index is 0.128. The highest BCUT2D eigenvalue weighted by Gasteiger charge is 2.12. The summed E-state index contributed by atoms with van der Waals surface area (Å²) in [5, 5.41) is 5.43. The number of aromatic nitrogens is 1. The second-order valence-electron chi connectivity index (χ2n) is 5.44. The monoisotopic (exact) mass is 355 g/mol. The molecule has 0 unspecified atom stereocenters. The Hall–Kier alpha value is -3.22. The molecule has 0 saturated carbocycles. The lowest BCUT2D eigenvalue weighted by atomic mass is 10.2. The van der Waals surface area contributed by atoms with Gasteiger partial charge in [0.2, 0.25) is 0 Å². The Labute approximate surface area is 151 Å². The first-order valence-corrected chi connectivity index (χ1v) is 8.38. The maximum atomic E-state index is 12.3. The van der Waals surface area contributed by atoms with Gasteiger partial charge in [-0.2, -0.15) is 0 Å². The Morgan fingerprint density at radius 2 is 1.73 bits per heavy atom. The first kappa shape index (κ1) is 19.1. The van der Waals surface area contributed by atoms with E-state index in [1.165, 1.54) is 12.3 Å². The second-order valence-corrected chi connectivity index (χ2v) is 5.44. The van der Waals surface area contributed by atoms with Gasteiger partial charge in [-0.1, -0.05) is 6.92 Å². The van der Waals surface area contributed by atoms with Crippen LogP contribution in [0.1, 0.15) is 51.5 Å². The van der Waals surface area contributed by atoms with Crippen LogP contribution in [0.15, 0.2) is 42.6 Å². The molecule has 7 nitrogen and oxygen atoms in total. The molecule has 0 aliphatic rings. The Morgan fingerprint density at radius 1 is 1.00 bits per heavy atom. The number of pyridine rings is 1. The molecule has 2 aromatic rings. The van der Waals surface area contributed by atoms with Gasteiger partial charge in [0.15, 0.2) is 0 Å². The summed E-state index contributed by atoms with van der Waals surface area (Å²) >= 11 is 0. The van der Waals surface area contributed by atoms with Crippen LogP contribution in [-0.4, -0.2) is 35.9 Å². The number of nitrogens with one attached hydrogen (secondary N) is 2. The van der Waals surface area contributed by atoms with E-state index < -0.39 is 11.9 Å². The Kier molecular flexibility index (Phi) is 6.84. The van der Waals surface area contributed by atoms with Crippen LogP contribution in [0.4, 0.5) is 5.69 Å². The predicted octanol–water partition coefficient (Wildman–Crippen LogP) is 2.65. The molecule has 1 aromatic heterocycles. The molecule has 26 heavy (non-hydrogen) atoms. The van der Waals surface area contributed by atoms with E-state index in [1.54, 1.807) is 37.3 Å². The number of benzene rings is 1. The van der Waals surface area contributed by atoms with E-state index in [0.717, 1.165) is 6.42 Å². The zero-order valence-corrected chi connectivity index (χ0v) is 14.7. The molecule has 2 N–H and O–H groups in total. The number of carbonyl (C=O) groups is 3. The van der Waals surface area contributed by atoms with Crippen molar-refractivity contribution in [1.82, 2.24) is 10.3 Å². The Morgan fingerprint density at radius 3 is 2.38 bits per heavy atom. The van der Waals surface area contributed by atoms with Crippen LogP contribution in [-0.2, 0) is 4.74 Å². The number of carbonyl (C=O) groups excluding carboxylic acids is 3. The van der Waals surface area contributed by atoms with Crippen LogP contribution in [0.3, 0.4) is 0 Å². The lowest BCUT2D eigenvalue weighted by Crippen LogP contribution is -2.24. The van der Waals surface area contributed by atoms with Crippen molar-refractivity contribution in [2.75, 3.05) is 18.5 Å². The average molecular weight is 355 g/mol. The number of rotatable bonds is 7. The first-order chi connectivity index (χ1) is 12.5. The van der Waals surface area contributed by atoms with Gasteiger partial charge in [0.1, 0.15) is 5.69 Å². The number of nitrogens with zero attached hydrogens (tertiary/aromatic N) is 1.